The molecule has 0 amide bonds. The van der Waals surface area contributed by atoms with E-state index in [-0.39, 0.29) is 47.3 Å². The highest BCUT2D eigenvalue weighted by Crippen LogP contribution is 2.29. The Labute approximate surface area is 495 Å². The Morgan fingerprint density at radius 2 is 1.09 bits per heavy atom. The van der Waals surface area contributed by atoms with Gasteiger partial charge in [0.1, 0.15) is 27.3 Å². The number of rotatable bonds is 14. The Morgan fingerprint density at radius 3 is 1.28 bits per heavy atom. The lowest BCUT2D eigenvalue weighted by molar-refractivity contribution is -0.445. The first kappa shape index (κ1) is 87.6. The molecule has 1 aliphatic rings. The molecule has 0 saturated heterocycles. The molecule has 5 aromatic rings. The van der Waals surface area contributed by atoms with E-state index in [0.29, 0.717) is 29.4 Å². The van der Waals surface area contributed by atoms with E-state index in [1.54, 1.807) is 40.9 Å². The van der Waals surface area contributed by atoms with Gasteiger partial charge >= 0.3 is 0 Å². The second-order valence-electron chi connectivity index (χ2n) is 16.3. The van der Waals surface area contributed by atoms with Gasteiger partial charge in [-0.3, -0.25) is 41.9 Å². The Hall–Kier alpha value is -5.60. The third kappa shape index (κ3) is 57.6. The number of halogens is 2. The van der Waals surface area contributed by atoms with Crippen molar-refractivity contribution >= 4 is 75.3 Å². The Balaban J connectivity index is -0.000000197. The van der Waals surface area contributed by atoms with Crippen LogP contribution in [0.15, 0.2) is 132 Å². The van der Waals surface area contributed by atoms with Crippen LogP contribution in [0.4, 0.5) is 8.78 Å². The van der Waals surface area contributed by atoms with E-state index in [1.807, 2.05) is 106 Å². The number of hydrogen-bond donors (Lipinski definition) is 1. The molecule has 17 nitrogen and oxygen atoms in total. The van der Waals surface area contributed by atoms with Gasteiger partial charge in [-0.1, -0.05) is 109 Å². The molecule has 1 heterocycles. The van der Waals surface area contributed by atoms with Crippen molar-refractivity contribution in [3.05, 3.63) is 170 Å². The lowest BCUT2D eigenvalue weighted by Crippen LogP contribution is -2.05. The Kier molecular flexibility index (Phi) is 55.8. The second kappa shape index (κ2) is 52.2. The minimum atomic E-state index is -3.68. The zero-order valence-corrected chi connectivity index (χ0v) is 53.3. The molecule has 1 unspecified atom stereocenters. The zero-order valence-electron chi connectivity index (χ0n) is 49.3. The molecule has 82 heavy (non-hydrogen) atoms. The van der Waals surface area contributed by atoms with Gasteiger partial charge in [-0.05, 0) is 132 Å². The summed E-state index contributed by atoms with van der Waals surface area (Å²) in [7, 11) is -6.98. The normalized spacial score (nSPS) is 11.2. The molecular weight excluding hydrogens is 1160 g/mol. The van der Waals surface area contributed by atoms with Gasteiger partial charge in [-0.15, -0.1) is 11.3 Å². The highest BCUT2D eigenvalue weighted by Gasteiger charge is 2.25. The molecule has 0 spiro atoms. The number of nitrogens with zero attached hydrogens (tertiary/aromatic N) is 1. The van der Waals surface area contributed by atoms with E-state index in [9.17, 15) is 57.4 Å². The molecule has 2 atom stereocenters. The van der Waals surface area contributed by atoms with Crippen molar-refractivity contribution in [1.29, 1.82) is 0 Å². The number of aliphatic hydroxyl groups is 1. The fraction of sp³-hybridized carbons (Fsp3) is 0.448. The summed E-state index contributed by atoms with van der Waals surface area (Å²) in [6, 6.07) is 32.4. The van der Waals surface area contributed by atoms with Crippen LogP contribution < -0.4 is 0 Å². The van der Waals surface area contributed by atoms with E-state index >= 15 is 0 Å². The maximum atomic E-state index is 12.3. The average molecular weight is 1250 g/mol. The quantitative estimate of drug-likeness (QED) is 0.0468. The van der Waals surface area contributed by atoms with Gasteiger partial charge in [-0.2, -0.15) is 16.8 Å². The van der Waals surface area contributed by atoms with Crippen LogP contribution in [0.2, 0.25) is 0 Å². The predicted octanol–water partition coefficient (Wildman–Crippen LogP) is 12.9. The molecule has 1 fully saturated rings. The van der Waals surface area contributed by atoms with E-state index in [1.165, 1.54) is 55.9 Å². The number of sulfone groups is 1. The molecule has 1 aromatic heterocycles. The first-order chi connectivity index (χ1) is 37.7. The molecule has 0 bridgehead atoms. The fourth-order valence-electron chi connectivity index (χ4n) is 4.75. The molecule has 4 aromatic carbocycles. The van der Waals surface area contributed by atoms with Gasteiger partial charge in [0.15, 0.2) is 24.4 Å². The van der Waals surface area contributed by atoms with E-state index in [4.69, 9.17) is 15.2 Å². The van der Waals surface area contributed by atoms with Gasteiger partial charge in [0.25, 0.3) is 20.2 Å². The van der Waals surface area contributed by atoms with Crippen LogP contribution >= 0.6 is 11.3 Å². The maximum Gasteiger partial charge on any atom is 0.296 e. The maximum absolute atomic E-state index is 12.3. The molecule has 1 saturated carbocycles. The molecule has 466 valence electrons. The third-order valence-electron chi connectivity index (χ3n) is 8.83. The van der Waals surface area contributed by atoms with Crippen LogP contribution in [-0.4, -0.2) is 114 Å². The van der Waals surface area contributed by atoms with Crippen LogP contribution in [-0.2, 0) is 54.0 Å². The second-order valence-corrected chi connectivity index (χ2v) is 24.7. The zero-order chi connectivity index (χ0) is 63.8. The van der Waals surface area contributed by atoms with Crippen LogP contribution in [0.25, 0.3) is 0 Å². The minimum absolute atomic E-state index is 0. The number of carbonyl (C=O) groups excluding carboxylic acids is 4. The van der Waals surface area contributed by atoms with Crippen molar-refractivity contribution in [1.82, 2.24) is 0 Å². The highest BCUT2D eigenvalue weighted by molar-refractivity contribution is 7.90. The van der Waals surface area contributed by atoms with E-state index < -0.39 is 51.6 Å². The number of Topliss-reactive ketones (excluding diaryl/α,β-unsaturated/α-hetero) is 4. The fourth-order valence-corrected chi connectivity index (χ4v) is 8.02. The van der Waals surface area contributed by atoms with Crippen LogP contribution in [0.1, 0.15) is 151 Å². The van der Waals surface area contributed by atoms with Crippen molar-refractivity contribution in [2.75, 3.05) is 51.0 Å². The van der Waals surface area contributed by atoms with Crippen LogP contribution in [0, 0.1) is 27.7 Å². The van der Waals surface area contributed by atoms with Crippen molar-refractivity contribution in [3.63, 3.8) is 0 Å². The summed E-state index contributed by atoms with van der Waals surface area (Å²) in [6.45, 7) is 17.7. The topological polar surface area (TPSA) is 270 Å². The number of thiophene rings is 1. The average Bonchev–Trinajstić information content (AvgIpc) is 4.12. The number of carbonyl (C=O) groups is 4. The molecule has 6 rings (SSSR count). The van der Waals surface area contributed by atoms with Crippen molar-refractivity contribution in [2.24, 2.45) is 5.92 Å². The summed E-state index contributed by atoms with van der Waals surface area (Å²) in [5.41, 5.74) is 2.29. The van der Waals surface area contributed by atoms with Crippen molar-refractivity contribution < 1.29 is 75.8 Å². The largest absolute Gasteiger partial charge is 0.389 e. The third-order valence-corrected chi connectivity index (χ3v) is 14.6. The van der Waals surface area contributed by atoms with E-state index in [0.717, 1.165) is 85.9 Å². The molecular formula is C58H89F2NO16S5. The summed E-state index contributed by atoms with van der Waals surface area (Å²) in [4.78, 5) is 51.1. The molecule has 24 heteroatoms. The van der Waals surface area contributed by atoms with Gasteiger partial charge < -0.3 is 5.11 Å². The number of aliphatic hydroxyl groups excluding tert-OH is 1. The molecule has 0 aliphatic heterocycles. The lowest BCUT2D eigenvalue weighted by atomic mass is 10.1. The van der Waals surface area contributed by atoms with Gasteiger partial charge in [0.05, 0.1) is 35.8 Å². The Morgan fingerprint density at radius 1 is 0.683 bits per heavy atom. The lowest BCUT2D eigenvalue weighted by Gasteiger charge is -2.00. The summed E-state index contributed by atoms with van der Waals surface area (Å²) in [5.74, 6) is 1.54. The highest BCUT2D eigenvalue weighted by atomic mass is 32.2. The first-order valence-electron chi connectivity index (χ1n) is 25.2. The van der Waals surface area contributed by atoms with Gasteiger partial charge in [0, 0.05) is 56.8 Å². The summed E-state index contributed by atoms with van der Waals surface area (Å²) < 4.78 is 106. The van der Waals surface area contributed by atoms with Gasteiger partial charge in [-0.25, -0.2) is 17.2 Å². The number of hydrogen-bond acceptors (Lipinski definition) is 17. The van der Waals surface area contributed by atoms with Crippen molar-refractivity contribution in [2.45, 2.75) is 120 Å². The minimum Gasteiger partial charge on any atom is -0.389 e. The standard InChI is InChI=1S/C8H7FO.C8H10O.C8H8O.C7H7FO3S.C6H6OS.C5H8O.C4H10O3S.C4H10O2S.C4H10OS.C2H6.CH3NO2.CH4/c1-6(10)7-2-4-8(9)5-3-7;2*1-7(9)8-5-3-2-4-6-8;1-11-12(9,10)7-4-2-6(8)3-5-7;1-5(7)6-3-2-4-8-6;1-4(6)5-2-3-5;1-3-4-8(5,6)7-2;1-3-4-7(2,5)6;1-3-4-6(2)5;1-2;1-2(3)4;/h2-5H,1H3;2-7,9H,1H3;2-6H,1H3;2-5H,1H3;2-4H,1H3;5H,2-3H2,1H3;3-4H2,1-2H3;3-4H2,1-2H3;3-4H2,1-2H3;1-2H3;1H3;1H4/t;7-;;;;;;;;;;/m.0........../s1. The molecule has 1 N–H and O–H groups in total. The predicted molar refractivity (Wildman–Crippen MR) is 330 cm³/mol. The van der Waals surface area contributed by atoms with E-state index in [2.05, 4.69) is 8.37 Å². The smallest absolute Gasteiger partial charge is 0.296 e. The van der Waals surface area contributed by atoms with Crippen LogP contribution in [0.5, 0.6) is 0 Å². The molecule has 0 radical (unpaired) electrons. The first-order valence-corrected chi connectivity index (χ1v) is 32.8. The number of ketones is 4. The number of benzene rings is 4. The summed E-state index contributed by atoms with van der Waals surface area (Å²) in [6.07, 6.45) is 7.29. The number of nitro groups is 1. The van der Waals surface area contributed by atoms with Crippen LogP contribution in [0.3, 0.4) is 0 Å². The summed E-state index contributed by atoms with van der Waals surface area (Å²) >= 11 is 1.48. The monoisotopic (exact) mass is 1250 g/mol. The Bertz CT molecular complexity index is 2790. The SMILES string of the molecule is C.CC.CC(=O)C1CC1.CC(=O)c1ccc(F)cc1.CC(=O)c1ccccc1.CC(=O)c1cccs1.CCCS(=O)(=O)OC.CCCS(C)(=O)=O.CCCS(C)=O.COS(=O)(=O)c1ccc(F)cc1.C[C@H](O)c1ccccc1.C[N+](=O)[O-]. The van der Waals surface area contributed by atoms with Crippen molar-refractivity contribution in [3.8, 4) is 0 Å². The summed E-state index contributed by atoms with van der Waals surface area (Å²) in [5, 5.41) is 19.7. The van der Waals surface area contributed by atoms with Gasteiger partial charge in [0.2, 0.25) is 0 Å². The molecule has 1 aliphatic carbocycles.